The Morgan fingerprint density at radius 2 is 2.24 bits per heavy atom. The molecule has 0 radical (unpaired) electrons. The number of carbonyl (C=O) groups is 1. The minimum atomic E-state index is -0.865. The highest BCUT2D eigenvalue weighted by molar-refractivity contribution is 5.81. The van der Waals surface area contributed by atoms with Crippen molar-refractivity contribution in [3.63, 3.8) is 0 Å². The predicted octanol–water partition coefficient (Wildman–Crippen LogP) is 1.24. The lowest BCUT2D eigenvalue weighted by atomic mass is 9.97. The summed E-state index contributed by atoms with van der Waals surface area (Å²) in [5.41, 5.74) is 7.30. The molecule has 0 aromatic heterocycles. The number of hydrogen-bond donors (Lipinski definition) is 1. The van der Waals surface area contributed by atoms with E-state index in [0.717, 1.165) is 0 Å². The molecule has 0 heterocycles. The average molecular weight is 244 g/mol. The maximum absolute atomic E-state index is 11.9. The van der Waals surface area contributed by atoms with Crippen molar-refractivity contribution in [2.45, 2.75) is 25.8 Å². The zero-order chi connectivity index (χ0) is 13.1. The van der Waals surface area contributed by atoms with Gasteiger partial charge in [-0.2, -0.15) is 0 Å². The van der Waals surface area contributed by atoms with E-state index in [9.17, 15) is 4.79 Å². The molecule has 17 heavy (non-hydrogen) atoms. The van der Waals surface area contributed by atoms with Gasteiger partial charge in [-0.3, -0.25) is 5.32 Å². The van der Waals surface area contributed by atoms with Gasteiger partial charge in [0.05, 0.1) is 13.2 Å². The van der Waals surface area contributed by atoms with Crippen LogP contribution in [0.5, 0.6) is 0 Å². The highest BCUT2D eigenvalue weighted by Crippen LogP contribution is 2.13. The Balaban J connectivity index is 4.56. The molecule has 0 aliphatic carbocycles. The highest BCUT2D eigenvalue weighted by atomic mass is 16.5. The van der Waals surface area contributed by atoms with Gasteiger partial charge in [-0.25, -0.2) is 4.79 Å². The van der Waals surface area contributed by atoms with Crippen LogP contribution in [0.4, 0.5) is 0 Å². The quantitative estimate of drug-likeness (QED) is 0.217. The van der Waals surface area contributed by atoms with Gasteiger partial charge in [0.15, 0.2) is 0 Å². The van der Waals surface area contributed by atoms with E-state index in [1.54, 1.807) is 6.92 Å². The normalized spacial score (nSPS) is 13.6. The summed E-state index contributed by atoms with van der Waals surface area (Å²) in [6, 6.07) is 0. The van der Waals surface area contributed by atoms with Gasteiger partial charge < -0.3 is 9.47 Å². The summed E-state index contributed by atoms with van der Waals surface area (Å²) < 4.78 is 10.1. The van der Waals surface area contributed by atoms with Crippen LogP contribution in [0.1, 0.15) is 20.3 Å². The largest absolute Gasteiger partial charge is 0.465 e. The van der Waals surface area contributed by atoms with Crippen molar-refractivity contribution >= 4 is 5.97 Å². The number of nitrogens with one attached hydrogen (secondary N) is 1. The molecule has 0 rings (SSSR count). The molecule has 1 N–H and O–H groups in total. The average Bonchev–Trinajstić information content (AvgIpc) is 2.33. The van der Waals surface area contributed by atoms with Crippen molar-refractivity contribution in [3.05, 3.63) is 10.4 Å². The summed E-state index contributed by atoms with van der Waals surface area (Å²) >= 11 is 0. The van der Waals surface area contributed by atoms with Crippen molar-refractivity contribution in [1.29, 1.82) is 0 Å². The first-order valence-electron chi connectivity index (χ1n) is 5.58. The fourth-order valence-electron chi connectivity index (χ4n) is 1.46. The minimum Gasteiger partial charge on any atom is -0.465 e. The van der Waals surface area contributed by atoms with Gasteiger partial charge in [0.25, 0.3) is 0 Å². The Kier molecular flexibility index (Phi) is 8.13. The summed E-state index contributed by atoms with van der Waals surface area (Å²) in [7, 11) is 1.53. The third-order valence-corrected chi connectivity index (χ3v) is 2.40. The maximum Gasteiger partial charge on any atom is 0.328 e. The van der Waals surface area contributed by atoms with E-state index >= 15 is 0 Å². The van der Waals surface area contributed by atoms with Crippen LogP contribution in [0.25, 0.3) is 10.4 Å². The molecular weight excluding hydrogens is 224 g/mol. The lowest BCUT2D eigenvalue weighted by Crippen LogP contribution is -2.56. The molecule has 0 amide bonds. The number of methoxy groups -OCH3 is 1. The summed E-state index contributed by atoms with van der Waals surface area (Å²) in [6.07, 6.45) is 0.538. The van der Waals surface area contributed by atoms with E-state index in [2.05, 4.69) is 15.3 Å². The van der Waals surface area contributed by atoms with Gasteiger partial charge >= 0.3 is 5.97 Å². The zero-order valence-electron chi connectivity index (χ0n) is 10.6. The first-order valence-corrected chi connectivity index (χ1v) is 5.58. The molecule has 98 valence electrons. The van der Waals surface area contributed by atoms with E-state index < -0.39 is 5.54 Å². The molecule has 0 fully saturated rings. The molecule has 0 saturated heterocycles. The van der Waals surface area contributed by atoms with E-state index in [4.69, 9.17) is 15.0 Å². The first-order chi connectivity index (χ1) is 8.16. The first kappa shape index (κ1) is 15.7. The second kappa shape index (κ2) is 8.81. The lowest BCUT2D eigenvalue weighted by molar-refractivity contribution is -0.154. The van der Waals surface area contributed by atoms with Gasteiger partial charge in [0, 0.05) is 25.1 Å². The number of esters is 1. The van der Waals surface area contributed by atoms with Gasteiger partial charge in [0.2, 0.25) is 0 Å². The Morgan fingerprint density at radius 3 is 2.71 bits per heavy atom. The van der Waals surface area contributed by atoms with Crippen LogP contribution in [0.3, 0.4) is 0 Å². The van der Waals surface area contributed by atoms with Crippen LogP contribution in [-0.4, -0.2) is 44.9 Å². The van der Waals surface area contributed by atoms with Crippen molar-refractivity contribution in [1.82, 2.24) is 5.32 Å². The van der Waals surface area contributed by atoms with Gasteiger partial charge in [0.1, 0.15) is 5.54 Å². The molecular formula is C10H20N4O3. The maximum atomic E-state index is 11.9. The number of carbonyl (C=O) groups excluding carboxylic acids is 1. The SMILES string of the molecule is CCOC(=O)C(CC)(COC)NCCN=[N+]=[N-]. The third-order valence-electron chi connectivity index (χ3n) is 2.40. The van der Waals surface area contributed by atoms with E-state index in [1.165, 1.54) is 7.11 Å². The molecule has 1 atom stereocenters. The fraction of sp³-hybridized carbons (Fsp3) is 0.900. The molecule has 0 aromatic rings. The zero-order valence-corrected chi connectivity index (χ0v) is 10.6. The summed E-state index contributed by atoms with van der Waals surface area (Å²) in [4.78, 5) is 14.5. The summed E-state index contributed by atoms with van der Waals surface area (Å²) in [5.74, 6) is -0.342. The molecule has 0 aromatic carbocycles. The molecule has 0 aliphatic heterocycles. The van der Waals surface area contributed by atoms with Gasteiger partial charge in [-0.15, -0.1) is 0 Å². The van der Waals surface area contributed by atoms with Crippen LogP contribution in [0, 0.1) is 0 Å². The topological polar surface area (TPSA) is 96.3 Å². The van der Waals surface area contributed by atoms with E-state index in [0.29, 0.717) is 19.6 Å². The molecule has 0 aliphatic rings. The molecule has 0 saturated carbocycles. The monoisotopic (exact) mass is 244 g/mol. The second-order valence-corrected chi connectivity index (χ2v) is 3.47. The van der Waals surface area contributed by atoms with Crippen molar-refractivity contribution in [2.75, 3.05) is 33.4 Å². The molecule has 7 nitrogen and oxygen atoms in total. The number of nitrogens with zero attached hydrogens (tertiary/aromatic N) is 3. The van der Waals surface area contributed by atoms with Crippen molar-refractivity contribution in [3.8, 4) is 0 Å². The molecule has 0 spiro atoms. The number of hydrogen-bond acceptors (Lipinski definition) is 5. The van der Waals surface area contributed by atoms with E-state index in [-0.39, 0.29) is 19.1 Å². The Hall–Kier alpha value is -1.30. The highest BCUT2D eigenvalue weighted by Gasteiger charge is 2.37. The smallest absolute Gasteiger partial charge is 0.328 e. The number of ether oxygens (including phenoxy) is 2. The lowest BCUT2D eigenvalue weighted by Gasteiger charge is -2.30. The van der Waals surface area contributed by atoms with Crippen LogP contribution in [-0.2, 0) is 14.3 Å². The number of rotatable bonds is 9. The Bertz CT molecular complexity index is 279. The van der Waals surface area contributed by atoms with Crippen LogP contribution < -0.4 is 5.32 Å². The molecule has 7 heteroatoms. The van der Waals surface area contributed by atoms with Gasteiger partial charge in [-0.05, 0) is 18.9 Å². The standard InChI is InChI=1S/C10H20N4O3/c1-4-10(8-16-3,9(15)17-5-2)12-6-7-13-14-11/h12H,4-8H2,1-3H3. The van der Waals surface area contributed by atoms with Crippen LogP contribution in [0.2, 0.25) is 0 Å². The number of azide groups is 1. The second-order valence-electron chi connectivity index (χ2n) is 3.47. The Morgan fingerprint density at radius 1 is 1.53 bits per heavy atom. The van der Waals surface area contributed by atoms with Crippen molar-refractivity contribution < 1.29 is 14.3 Å². The summed E-state index contributed by atoms with van der Waals surface area (Å²) in [5, 5.41) is 6.44. The molecule has 0 bridgehead atoms. The summed E-state index contributed by atoms with van der Waals surface area (Å²) in [6.45, 7) is 4.85. The predicted molar refractivity (Wildman–Crippen MR) is 63.5 cm³/mol. The fourth-order valence-corrected chi connectivity index (χ4v) is 1.46. The van der Waals surface area contributed by atoms with E-state index in [1.807, 2.05) is 6.92 Å². The van der Waals surface area contributed by atoms with Crippen LogP contribution in [0.15, 0.2) is 5.11 Å². The van der Waals surface area contributed by atoms with Crippen LogP contribution >= 0.6 is 0 Å². The minimum absolute atomic E-state index is 0.221. The Labute approximate surface area is 101 Å². The third kappa shape index (κ3) is 5.04. The van der Waals surface area contributed by atoms with Gasteiger partial charge in [-0.1, -0.05) is 12.0 Å². The van der Waals surface area contributed by atoms with Crippen molar-refractivity contribution in [2.24, 2.45) is 5.11 Å². The molecule has 1 unspecified atom stereocenters.